The molecule has 1 heterocycles. The van der Waals surface area contributed by atoms with Gasteiger partial charge in [-0.15, -0.1) is 0 Å². The van der Waals surface area contributed by atoms with E-state index in [4.69, 9.17) is 34.5 Å². The third-order valence-electron chi connectivity index (χ3n) is 8.46. The number of carbonyl (C=O) groups is 3. The van der Waals surface area contributed by atoms with Crippen LogP contribution in [0.15, 0.2) is 78.9 Å². The number of ether oxygens (including phenoxy) is 5. The molecule has 0 aliphatic heterocycles. The normalized spacial score (nSPS) is 11.1. The number of aliphatic hydroxyl groups excluding tert-OH is 1. The van der Waals surface area contributed by atoms with E-state index in [-0.39, 0.29) is 18.5 Å². The van der Waals surface area contributed by atoms with Gasteiger partial charge in [0.1, 0.15) is 30.7 Å². The molecule has 3 aromatic carbocycles. The number of anilines is 1. The van der Waals surface area contributed by atoms with Gasteiger partial charge in [0, 0.05) is 50.2 Å². The molecule has 0 aliphatic carbocycles. The second-order valence-electron chi connectivity index (χ2n) is 12.6. The molecular weight excluding hydrogens is 743 g/mol. The smallest absolute Gasteiger partial charge is 0.220 e. The molecule has 6 N–H and O–H groups in total. The second kappa shape index (κ2) is 32.2. The highest BCUT2D eigenvalue weighted by Gasteiger charge is 2.12. The van der Waals surface area contributed by atoms with Crippen LogP contribution in [0.5, 0.6) is 5.75 Å². The van der Waals surface area contributed by atoms with E-state index in [1.54, 1.807) is 0 Å². The molecule has 318 valence electrons. The fourth-order valence-corrected chi connectivity index (χ4v) is 5.63. The van der Waals surface area contributed by atoms with Crippen LogP contribution in [0.3, 0.4) is 0 Å². The van der Waals surface area contributed by atoms with Crippen LogP contribution in [0.1, 0.15) is 43.0 Å². The highest BCUT2D eigenvalue weighted by molar-refractivity contribution is 6.00. The highest BCUT2D eigenvalue weighted by atomic mass is 16.6. The van der Waals surface area contributed by atoms with Gasteiger partial charge in [-0.25, -0.2) is 4.98 Å². The van der Waals surface area contributed by atoms with Gasteiger partial charge >= 0.3 is 0 Å². The Balaban J connectivity index is 0.000000485. The molecule has 0 radical (unpaired) electrons. The van der Waals surface area contributed by atoms with E-state index in [0.717, 1.165) is 77.5 Å². The number of benzene rings is 3. The predicted octanol–water partition coefficient (Wildman–Crippen LogP) is 4.66. The second-order valence-corrected chi connectivity index (χ2v) is 12.6. The summed E-state index contributed by atoms with van der Waals surface area (Å²) in [5.41, 5.74) is 9.68. The topological polar surface area (TPSA) is 193 Å². The van der Waals surface area contributed by atoms with Gasteiger partial charge < -0.3 is 60.1 Å². The number of nitrogens with one attached hydrogen (secondary N) is 3. The molecule has 1 aromatic heterocycles. The molecule has 14 heteroatoms. The van der Waals surface area contributed by atoms with Crippen LogP contribution in [0.2, 0.25) is 0 Å². The maximum absolute atomic E-state index is 11.2. The van der Waals surface area contributed by atoms with Gasteiger partial charge in [0.15, 0.2) is 0 Å². The molecule has 0 spiro atoms. The summed E-state index contributed by atoms with van der Waals surface area (Å²) in [5, 5.41) is 18.1. The van der Waals surface area contributed by atoms with Crippen LogP contribution in [-0.2, 0) is 33.3 Å². The van der Waals surface area contributed by atoms with Crippen LogP contribution in [0.25, 0.3) is 21.9 Å². The Morgan fingerprint density at radius 3 is 2.00 bits per heavy atom. The van der Waals surface area contributed by atoms with Crippen molar-refractivity contribution in [1.29, 1.82) is 0 Å². The number of pyridine rings is 1. The van der Waals surface area contributed by atoms with Gasteiger partial charge in [-0.05, 0) is 67.1 Å². The molecule has 1 amide bonds. The van der Waals surface area contributed by atoms with Crippen molar-refractivity contribution in [1.82, 2.24) is 15.6 Å². The van der Waals surface area contributed by atoms with Gasteiger partial charge in [0.05, 0.1) is 59.4 Å². The number of nitrogens with zero attached hydrogens (tertiary/aromatic N) is 1. The van der Waals surface area contributed by atoms with Crippen LogP contribution in [0, 0.1) is 6.92 Å². The van der Waals surface area contributed by atoms with Gasteiger partial charge in [-0.2, -0.15) is 0 Å². The number of aryl methyl sites for hydroxylation is 1. The Morgan fingerprint density at radius 1 is 0.759 bits per heavy atom. The number of amides is 1. The third kappa shape index (κ3) is 20.1. The number of rotatable bonds is 28. The van der Waals surface area contributed by atoms with Crippen molar-refractivity contribution in [3.8, 4) is 16.9 Å². The molecule has 0 fully saturated rings. The van der Waals surface area contributed by atoms with Gasteiger partial charge in [0.25, 0.3) is 0 Å². The number of fused-ring (bicyclic) bond motifs is 1. The zero-order valence-corrected chi connectivity index (χ0v) is 34.3. The number of aromatic nitrogens is 1. The Morgan fingerprint density at radius 2 is 1.40 bits per heavy atom. The summed E-state index contributed by atoms with van der Waals surface area (Å²) in [7, 11) is 2.87. The first kappa shape index (κ1) is 49.3. The molecule has 1 atom stereocenters. The quantitative estimate of drug-likeness (QED) is 0.0394. The molecule has 1 unspecified atom stereocenters. The number of unbranched alkanes of at least 4 members (excludes halogenated alkanes) is 1. The lowest BCUT2D eigenvalue weighted by Crippen LogP contribution is -2.24. The van der Waals surface area contributed by atoms with Crippen molar-refractivity contribution in [3.63, 3.8) is 0 Å². The summed E-state index contributed by atoms with van der Waals surface area (Å²) < 4.78 is 27.8. The average molecular weight is 806 g/mol. The number of carbonyl (C=O) groups excluding carboxylic acids is 3. The van der Waals surface area contributed by atoms with Gasteiger partial charge in [0.2, 0.25) is 5.91 Å². The molecule has 0 saturated heterocycles. The maximum Gasteiger partial charge on any atom is 0.220 e. The van der Waals surface area contributed by atoms with Crippen molar-refractivity contribution in [2.45, 2.75) is 38.6 Å². The molecule has 0 aliphatic rings. The number of hydrogen-bond acceptors (Lipinski definition) is 13. The van der Waals surface area contributed by atoms with Crippen LogP contribution >= 0.6 is 0 Å². The first-order valence-electron chi connectivity index (χ1n) is 19.7. The minimum Gasteiger partial charge on any atom is -0.491 e. The van der Waals surface area contributed by atoms with E-state index >= 15 is 0 Å². The molecule has 0 bridgehead atoms. The summed E-state index contributed by atoms with van der Waals surface area (Å²) in [6, 6.07) is 26.5. The SMILES string of the molecule is CNC(CC=O)c1ccc(-c2ccc(OCCOCCOCCOCCOCCN)c3ccccc23)cc1.CO.Cc1cccc(NCCCCC(=O)NCC=O)n1. The van der Waals surface area contributed by atoms with E-state index in [2.05, 4.69) is 63.4 Å². The fraction of sp³-hybridized carbons (Fsp3) is 0.455. The van der Waals surface area contributed by atoms with Crippen LogP contribution in [0.4, 0.5) is 5.82 Å². The van der Waals surface area contributed by atoms with E-state index in [9.17, 15) is 14.4 Å². The first-order chi connectivity index (χ1) is 28.5. The van der Waals surface area contributed by atoms with Gasteiger partial charge in [-0.3, -0.25) is 4.79 Å². The van der Waals surface area contributed by atoms with Crippen molar-refractivity contribution >= 4 is 35.1 Å². The lowest BCUT2D eigenvalue weighted by molar-refractivity contribution is -0.122. The zero-order valence-electron chi connectivity index (χ0n) is 34.3. The summed E-state index contributed by atoms with van der Waals surface area (Å²) in [6.45, 7) is 7.98. The Hall–Kier alpha value is -4.80. The Bertz CT molecular complexity index is 1690. The Kier molecular flexibility index (Phi) is 27.4. The fourth-order valence-electron chi connectivity index (χ4n) is 5.63. The molecule has 4 aromatic rings. The summed E-state index contributed by atoms with van der Waals surface area (Å²) in [6.07, 6.45) is 4.22. The molecule has 0 saturated carbocycles. The third-order valence-corrected chi connectivity index (χ3v) is 8.46. The maximum atomic E-state index is 11.2. The lowest BCUT2D eigenvalue weighted by Gasteiger charge is -2.16. The zero-order chi connectivity index (χ0) is 42.1. The standard InChI is InChI=1S/C30H40N2O6.C13H19N3O2.CH4O/c1-32-29(12-14-33)25-8-6-24(7-9-25)26-10-11-30(28-5-3-2-4-27(26)28)38-23-22-37-21-20-36-19-18-35-17-16-34-15-13-31;1-11-5-4-6-12(16-11)14-8-3-2-7-13(18)15-9-10-17;1-2/h2-11,14,29,32H,12-13,15-23,31H2,1H3;4-6,10H,2-3,7-9H2,1H3,(H,14,16)(H,15,18);2H,1H3. The largest absolute Gasteiger partial charge is 0.491 e. The van der Waals surface area contributed by atoms with Crippen LogP contribution in [-0.4, -0.2) is 122 Å². The van der Waals surface area contributed by atoms with Crippen molar-refractivity contribution in [2.75, 3.05) is 98.6 Å². The lowest BCUT2D eigenvalue weighted by atomic mass is 9.95. The number of aldehydes is 2. The number of aliphatic hydroxyl groups is 1. The summed E-state index contributed by atoms with van der Waals surface area (Å²) in [4.78, 5) is 36.5. The molecule has 4 rings (SSSR count). The number of hydrogen-bond donors (Lipinski definition) is 5. The molecular formula is C44H63N5O9. The average Bonchev–Trinajstić information content (AvgIpc) is 3.26. The van der Waals surface area contributed by atoms with E-state index in [1.165, 1.54) is 0 Å². The number of nitrogens with two attached hydrogens (primary N) is 1. The summed E-state index contributed by atoms with van der Waals surface area (Å²) in [5.74, 6) is 1.62. The summed E-state index contributed by atoms with van der Waals surface area (Å²) >= 11 is 0. The van der Waals surface area contributed by atoms with Crippen molar-refractivity contribution in [2.24, 2.45) is 5.73 Å². The van der Waals surface area contributed by atoms with Gasteiger partial charge in [-0.1, -0.05) is 60.7 Å². The van der Waals surface area contributed by atoms with Crippen molar-refractivity contribution < 1.29 is 43.2 Å². The monoisotopic (exact) mass is 805 g/mol. The first-order valence-corrected chi connectivity index (χ1v) is 19.7. The Labute approximate surface area is 343 Å². The molecule has 58 heavy (non-hydrogen) atoms. The van der Waals surface area contributed by atoms with E-state index in [0.29, 0.717) is 85.1 Å². The van der Waals surface area contributed by atoms with Crippen molar-refractivity contribution in [3.05, 3.63) is 90.1 Å². The minimum atomic E-state index is -0.0734. The van der Waals surface area contributed by atoms with E-state index < -0.39 is 0 Å². The minimum absolute atomic E-state index is 0.0223. The van der Waals surface area contributed by atoms with E-state index in [1.807, 2.05) is 50.4 Å². The van der Waals surface area contributed by atoms with Crippen LogP contribution < -0.4 is 26.4 Å². The molecule has 14 nitrogen and oxygen atoms in total. The predicted molar refractivity (Wildman–Crippen MR) is 228 cm³/mol. The highest BCUT2D eigenvalue weighted by Crippen LogP contribution is 2.35.